The lowest BCUT2D eigenvalue weighted by atomic mass is 10.1. The molecule has 0 saturated heterocycles. The summed E-state index contributed by atoms with van der Waals surface area (Å²) in [5.41, 5.74) is 3.47. The number of para-hydroxylation sites is 1. The lowest BCUT2D eigenvalue weighted by Gasteiger charge is -2.10. The quantitative estimate of drug-likeness (QED) is 0.768. The predicted octanol–water partition coefficient (Wildman–Crippen LogP) is 4.24. The Bertz CT molecular complexity index is 874. The third kappa shape index (κ3) is 2.68. The van der Waals surface area contributed by atoms with Crippen molar-refractivity contribution in [2.75, 3.05) is 5.32 Å². The van der Waals surface area contributed by atoms with E-state index in [-0.39, 0.29) is 11.7 Å². The molecular weight excluding hydrogens is 279 g/mol. The zero-order valence-electron chi connectivity index (χ0n) is 12.4. The van der Waals surface area contributed by atoms with E-state index < -0.39 is 0 Å². The molecule has 0 aliphatic rings. The lowest BCUT2D eigenvalue weighted by molar-refractivity contribution is 0.102. The van der Waals surface area contributed by atoms with E-state index in [1.54, 1.807) is 19.1 Å². The Morgan fingerprint density at radius 3 is 2.64 bits per heavy atom. The van der Waals surface area contributed by atoms with Crippen molar-refractivity contribution in [3.8, 4) is 0 Å². The molecule has 0 fully saturated rings. The molecule has 0 bridgehead atoms. The highest BCUT2D eigenvalue weighted by molar-refractivity contribution is 6.07. The summed E-state index contributed by atoms with van der Waals surface area (Å²) in [6.45, 7) is 3.70. The van der Waals surface area contributed by atoms with Gasteiger partial charge in [0.15, 0.2) is 0 Å². The molecular formula is C18H15FN2O. The molecule has 0 spiro atoms. The minimum Gasteiger partial charge on any atom is -0.322 e. The number of aryl methyl sites for hydroxylation is 2. The molecule has 22 heavy (non-hydrogen) atoms. The van der Waals surface area contributed by atoms with Gasteiger partial charge in [-0.2, -0.15) is 0 Å². The average Bonchev–Trinajstić information content (AvgIpc) is 2.49. The van der Waals surface area contributed by atoms with E-state index in [1.165, 1.54) is 12.1 Å². The summed E-state index contributed by atoms with van der Waals surface area (Å²) in [6.07, 6.45) is 0. The number of halogens is 1. The van der Waals surface area contributed by atoms with Crippen LogP contribution < -0.4 is 5.32 Å². The summed E-state index contributed by atoms with van der Waals surface area (Å²) < 4.78 is 13.3. The molecule has 2 aromatic carbocycles. The molecule has 1 aromatic heterocycles. The van der Waals surface area contributed by atoms with E-state index in [4.69, 9.17) is 0 Å². The number of rotatable bonds is 2. The molecule has 3 nitrogen and oxygen atoms in total. The summed E-state index contributed by atoms with van der Waals surface area (Å²) in [6, 6.07) is 13.6. The summed E-state index contributed by atoms with van der Waals surface area (Å²) in [4.78, 5) is 16.8. The minimum atomic E-state index is -0.344. The van der Waals surface area contributed by atoms with Gasteiger partial charge in [-0.15, -0.1) is 0 Å². The molecule has 1 amide bonds. The molecule has 0 unspecified atom stereocenters. The van der Waals surface area contributed by atoms with E-state index >= 15 is 0 Å². The third-order valence-corrected chi connectivity index (χ3v) is 3.61. The van der Waals surface area contributed by atoms with Crippen molar-refractivity contribution < 1.29 is 9.18 Å². The van der Waals surface area contributed by atoms with Crippen molar-refractivity contribution >= 4 is 22.5 Å². The van der Waals surface area contributed by atoms with Crippen LogP contribution in [0.25, 0.3) is 10.9 Å². The van der Waals surface area contributed by atoms with E-state index in [0.29, 0.717) is 22.2 Å². The van der Waals surface area contributed by atoms with Gasteiger partial charge in [0.2, 0.25) is 0 Å². The number of carbonyl (C=O) groups excluding carboxylic acids is 1. The second kappa shape index (κ2) is 5.56. The fourth-order valence-corrected chi connectivity index (χ4v) is 2.38. The van der Waals surface area contributed by atoms with Gasteiger partial charge < -0.3 is 5.32 Å². The monoisotopic (exact) mass is 294 g/mol. The molecule has 4 heteroatoms. The summed E-state index contributed by atoms with van der Waals surface area (Å²) in [7, 11) is 0. The van der Waals surface area contributed by atoms with Gasteiger partial charge in [-0.3, -0.25) is 9.78 Å². The maximum Gasteiger partial charge on any atom is 0.257 e. The van der Waals surface area contributed by atoms with Crippen LogP contribution in [-0.4, -0.2) is 10.9 Å². The Morgan fingerprint density at radius 2 is 1.86 bits per heavy atom. The zero-order valence-corrected chi connectivity index (χ0v) is 12.4. The molecule has 3 aromatic rings. The third-order valence-electron chi connectivity index (χ3n) is 3.61. The van der Waals surface area contributed by atoms with Gasteiger partial charge in [0.05, 0.1) is 16.8 Å². The van der Waals surface area contributed by atoms with Crippen LogP contribution in [0.1, 0.15) is 21.6 Å². The van der Waals surface area contributed by atoms with Gasteiger partial charge in [-0.1, -0.05) is 18.2 Å². The molecule has 110 valence electrons. The Kier molecular flexibility index (Phi) is 3.59. The Balaban J connectivity index is 2.00. The maximum atomic E-state index is 13.3. The Hall–Kier alpha value is -2.75. The molecule has 0 atom stereocenters. The molecule has 0 aliphatic heterocycles. The predicted molar refractivity (Wildman–Crippen MR) is 85.6 cm³/mol. The summed E-state index contributed by atoms with van der Waals surface area (Å²) in [5, 5.41) is 3.49. The van der Waals surface area contributed by atoms with Crippen molar-refractivity contribution in [1.82, 2.24) is 4.98 Å². The topological polar surface area (TPSA) is 42.0 Å². The Morgan fingerprint density at radius 1 is 1.09 bits per heavy atom. The summed E-state index contributed by atoms with van der Waals surface area (Å²) >= 11 is 0. The van der Waals surface area contributed by atoms with Crippen LogP contribution in [0.2, 0.25) is 0 Å². The van der Waals surface area contributed by atoms with Crippen LogP contribution in [0.4, 0.5) is 10.1 Å². The van der Waals surface area contributed by atoms with E-state index in [2.05, 4.69) is 10.3 Å². The number of hydrogen-bond donors (Lipinski definition) is 1. The fraction of sp³-hybridized carbons (Fsp3) is 0.111. The molecule has 0 aliphatic carbocycles. The number of pyridine rings is 1. The smallest absolute Gasteiger partial charge is 0.257 e. The second-order valence-corrected chi connectivity index (χ2v) is 5.23. The first kappa shape index (κ1) is 14.2. The number of benzene rings is 2. The molecule has 3 rings (SSSR count). The number of fused-ring (bicyclic) bond motifs is 1. The van der Waals surface area contributed by atoms with Crippen LogP contribution in [0.3, 0.4) is 0 Å². The van der Waals surface area contributed by atoms with Gasteiger partial charge in [0.25, 0.3) is 5.91 Å². The van der Waals surface area contributed by atoms with Gasteiger partial charge in [0, 0.05) is 11.1 Å². The molecule has 0 radical (unpaired) electrons. The SMILES string of the molecule is Cc1ccccc1NC(=O)c1cc2cc(F)ccc2nc1C. The van der Waals surface area contributed by atoms with Gasteiger partial charge >= 0.3 is 0 Å². The minimum absolute atomic E-state index is 0.245. The molecule has 1 heterocycles. The van der Waals surface area contributed by atoms with Crippen molar-refractivity contribution in [2.45, 2.75) is 13.8 Å². The standard InChI is InChI=1S/C18H15FN2O/c1-11-5-3-4-6-16(11)21-18(22)15-10-13-9-14(19)7-8-17(13)20-12(15)2/h3-10H,1-2H3,(H,21,22). The number of nitrogens with zero attached hydrogens (tertiary/aromatic N) is 1. The number of nitrogens with one attached hydrogen (secondary N) is 1. The number of carbonyl (C=O) groups is 1. The first-order valence-electron chi connectivity index (χ1n) is 6.98. The van der Waals surface area contributed by atoms with Crippen LogP contribution in [0.5, 0.6) is 0 Å². The van der Waals surface area contributed by atoms with Crippen LogP contribution >= 0.6 is 0 Å². The maximum absolute atomic E-state index is 13.3. The number of aromatic nitrogens is 1. The number of anilines is 1. The first-order chi connectivity index (χ1) is 10.5. The van der Waals surface area contributed by atoms with Gasteiger partial charge in [0.1, 0.15) is 5.82 Å². The van der Waals surface area contributed by atoms with Crippen LogP contribution in [0.15, 0.2) is 48.5 Å². The van der Waals surface area contributed by atoms with E-state index in [1.807, 2.05) is 31.2 Å². The summed E-state index contributed by atoms with van der Waals surface area (Å²) in [5.74, 6) is -0.589. The second-order valence-electron chi connectivity index (χ2n) is 5.23. The highest BCUT2D eigenvalue weighted by Crippen LogP contribution is 2.20. The molecule has 0 saturated carbocycles. The average molecular weight is 294 g/mol. The van der Waals surface area contributed by atoms with Crippen molar-refractivity contribution in [1.29, 1.82) is 0 Å². The van der Waals surface area contributed by atoms with Gasteiger partial charge in [-0.05, 0) is 49.7 Å². The van der Waals surface area contributed by atoms with Gasteiger partial charge in [-0.25, -0.2) is 4.39 Å². The van der Waals surface area contributed by atoms with Crippen molar-refractivity contribution in [3.05, 3.63) is 71.2 Å². The van der Waals surface area contributed by atoms with E-state index in [0.717, 1.165) is 11.3 Å². The highest BCUT2D eigenvalue weighted by atomic mass is 19.1. The number of amides is 1. The lowest BCUT2D eigenvalue weighted by Crippen LogP contribution is -2.15. The first-order valence-corrected chi connectivity index (χ1v) is 6.98. The zero-order chi connectivity index (χ0) is 15.7. The van der Waals surface area contributed by atoms with Crippen LogP contribution in [-0.2, 0) is 0 Å². The highest BCUT2D eigenvalue weighted by Gasteiger charge is 2.13. The van der Waals surface area contributed by atoms with Crippen molar-refractivity contribution in [3.63, 3.8) is 0 Å². The largest absolute Gasteiger partial charge is 0.322 e. The Labute approximate surface area is 127 Å². The number of hydrogen-bond acceptors (Lipinski definition) is 2. The normalized spacial score (nSPS) is 10.7. The van der Waals surface area contributed by atoms with Crippen LogP contribution in [0, 0.1) is 19.7 Å². The van der Waals surface area contributed by atoms with E-state index in [9.17, 15) is 9.18 Å². The fourth-order valence-electron chi connectivity index (χ4n) is 2.38. The molecule has 1 N–H and O–H groups in total. The van der Waals surface area contributed by atoms with Crippen molar-refractivity contribution in [2.24, 2.45) is 0 Å².